The highest BCUT2D eigenvalue weighted by Crippen LogP contribution is 1.69. The summed E-state index contributed by atoms with van der Waals surface area (Å²) in [6.07, 6.45) is 1.62. The van der Waals surface area contributed by atoms with Crippen molar-refractivity contribution in [2.24, 2.45) is 0 Å². The Balaban J connectivity index is 3.46. The van der Waals surface area contributed by atoms with Gasteiger partial charge in [-0.2, -0.15) is 0 Å². The zero-order chi connectivity index (χ0) is 10.6. The number of urea groups is 1. The van der Waals surface area contributed by atoms with Crippen molar-refractivity contribution in [1.82, 2.24) is 10.6 Å². The minimum Gasteiger partial charge on any atom is -0.327 e. The Bertz CT molecular complexity index is 247. The van der Waals surface area contributed by atoms with E-state index in [4.69, 9.17) is 0 Å². The molecule has 2 amide bonds. The van der Waals surface area contributed by atoms with Gasteiger partial charge in [0.25, 0.3) is 0 Å². The second-order valence-electron chi connectivity index (χ2n) is 2.45. The van der Waals surface area contributed by atoms with E-state index in [1.807, 2.05) is 13.8 Å². The average Bonchev–Trinajstić information content (AvgIpc) is 2.19. The molecule has 0 heterocycles. The van der Waals surface area contributed by atoms with Gasteiger partial charge in [0.05, 0.1) is 13.1 Å². The molecule has 0 atom stereocenters. The van der Waals surface area contributed by atoms with Crippen molar-refractivity contribution in [3.8, 4) is 23.7 Å². The van der Waals surface area contributed by atoms with E-state index in [-0.39, 0.29) is 6.03 Å². The SMILES string of the molecule is CCC#CCNC(=O)NCC#CCC. The van der Waals surface area contributed by atoms with Crippen LogP contribution in [0.25, 0.3) is 0 Å². The van der Waals surface area contributed by atoms with Gasteiger partial charge in [-0.1, -0.05) is 25.7 Å². The number of nitrogens with one attached hydrogen (secondary N) is 2. The predicted octanol–water partition coefficient (Wildman–Crippen LogP) is 1.11. The molecule has 14 heavy (non-hydrogen) atoms. The van der Waals surface area contributed by atoms with Crippen molar-refractivity contribution in [1.29, 1.82) is 0 Å². The van der Waals surface area contributed by atoms with Gasteiger partial charge in [-0.15, -0.1) is 11.8 Å². The van der Waals surface area contributed by atoms with Crippen LogP contribution in [0.1, 0.15) is 26.7 Å². The fourth-order valence-corrected chi connectivity index (χ4v) is 0.686. The van der Waals surface area contributed by atoms with Crippen LogP contribution >= 0.6 is 0 Å². The molecule has 0 fully saturated rings. The first kappa shape index (κ1) is 12.4. The van der Waals surface area contributed by atoms with Crippen LogP contribution in [0, 0.1) is 23.7 Å². The standard InChI is InChI=1S/C11H16N2O/c1-3-5-7-9-12-11(14)13-10-8-6-4-2/h3-4,9-10H2,1-2H3,(H2,12,13,14). The second kappa shape index (κ2) is 9.48. The number of hydrogen-bond donors (Lipinski definition) is 2. The highest BCUT2D eigenvalue weighted by Gasteiger charge is 1.93. The van der Waals surface area contributed by atoms with Gasteiger partial charge in [-0.05, 0) is 0 Å². The number of hydrogen-bond acceptors (Lipinski definition) is 1. The van der Waals surface area contributed by atoms with Crippen LogP contribution in [0.2, 0.25) is 0 Å². The first-order chi connectivity index (χ1) is 6.81. The summed E-state index contributed by atoms with van der Waals surface area (Å²) in [6.45, 7) is 4.71. The van der Waals surface area contributed by atoms with E-state index >= 15 is 0 Å². The second-order valence-corrected chi connectivity index (χ2v) is 2.45. The smallest absolute Gasteiger partial charge is 0.316 e. The summed E-state index contributed by atoms with van der Waals surface area (Å²) in [4.78, 5) is 11.0. The first-order valence-corrected chi connectivity index (χ1v) is 4.74. The largest absolute Gasteiger partial charge is 0.327 e. The van der Waals surface area contributed by atoms with E-state index in [9.17, 15) is 4.79 Å². The summed E-state index contributed by atoms with van der Waals surface area (Å²) in [5.41, 5.74) is 0. The van der Waals surface area contributed by atoms with E-state index in [1.165, 1.54) is 0 Å². The zero-order valence-electron chi connectivity index (χ0n) is 8.74. The van der Waals surface area contributed by atoms with Gasteiger partial charge in [0, 0.05) is 12.8 Å². The lowest BCUT2D eigenvalue weighted by Gasteiger charge is -1.99. The van der Waals surface area contributed by atoms with Crippen LogP contribution in [-0.2, 0) is 0 Å². The molecule has 0 aliphatic carbocycles. The van der Waals surface area contributed by atoms with Gasteiger partial charge < -0.3 is 10.6 Å². The molecular formula is C11H16N2O. The molecule has 0 aliphatic heterocycles. The van der Waals surface area contributed by atoms with Crippen LogP contribution in [-0.4, -0.2) is 19.1 Å². The molecule has 0 bridgehead atoms. The maximum Gasteiger partial charge on any atom is 0.316 e. The Hall–Kier alpha value is -1.61. The van der Waals surface area contributed by atoms with Crippen molar-refractivity contribution in [3.05, 3.63) is 0 Å². The van der Waals surface area contributed by atoms with Crippen molar-refractivity contribution < 1.29 is 4.79 Å². The normalized spacial score (nSPS) is 7.57. The maximum atomic E-state index is 11.0. The molecule has 0 radical (unpaired) electrons. The highest BCUT2D eigenvalue weighted by atomic mass is 16.2. The quantitative estimate of drug-likeness (QED) is 0.632. The van der Waals surface area contributed by atoms with Crippen molar-refractivity contribution in [3.63, 3.8) is 0 Å². The van der Waals surface area contributed by atoms with E-state index < -0.39 is 0 Å². The van der Waals surface area contributed by atoms with Gasteiger partial charge >= 0.3 is 6.03 Å². The van der Waals surface area contributed by atoms with Crippen LogP contribution in [0.5, 0.6) is 0 Å². The lowest BCUT2D eigenvalue weighted by Crippen LogP contribution is -2.35. The molecule has 3 heteroatoms. The monoisotopic (exact) mass is 192 g/mol. The minimum atomic E-state index is -0.221. The topological polar surface area (TPSA) is 41.1 Å². The molecule has 0 unspecified atom stereocenters. The van der Waals surface area contributed by atoms with E-state index in [0.29, 0.717) is 13.1 Å². The van der Waals surface area contributed by atoms with Gasteiger partial charge in [0.15, 0.2) is 0 Å². The molecule has 0 aromatic carbocycles. The third-order valence-electron chi connectivity index (χ3n) is 1.28. The van der Waals surface area contributed by atoms with Gasteiger partial charge in [0.1, 0.15) is 0 Å². The Kier molecular flexibility index (Phi) is 8.39. The van der Waals surface area contributed by atoms with Gasteiger partial charge in [-0.3, -0.25) is 0 Å². The molecular weight excluding hydrogens is 176 g/mol. The predicted molar refractivity (Wildman–Crippen MR) is 57.5 cm³/mol. The number of carbonyl (C=O) groups is 1. The lowest BCUT2D eigenvalue weighted by molar-refractivity contribution is 0.243. The van der Waals surface area contributed by atoms with Crippen LogP contribution in [0.15, 0.2) is 0 Å². The number of carbonyl (C=O) groups excluding carboxylic acids is 1. The van der Waals surface area contributed by atoms with Crippen LogP contribution in [0.3, 0.4) is 0 Å². The van der Waals surface area contributed by atoms with Crippen molar-refractivity contribution in [2.75, 3.05) is 13.1 Å². The van der Waals surface area contributed by atoms with E-state index in [2.05, 4.69) is 34.3 Å². The fourth-order valence-electron chi connectivity index (χ4n) is 0.686. The Morgan fingerprint density at radius 3 is 1.71 bits per heavy atom. The summed E-state index contributed by atoms with van der Waals surface area (Å²) in [5, 5.41) is 5.21. The number of rotatable bonds is 2. The van der Waals surface area contributed by atoms with Crippen molar-refractivity contribution in [2.45, 2.75) is 26.7 Å². The third kappa shape index (κ3) is 8.49. The molecule has 0 saturated heterocycles. The highest BCUT2D eigenvalue weighted by molar-refractivity contribution is 5.74. The molecule has 2 N–H and O–H groups in total. The maximum absolute atomic E-state index is 11.0. The lowest BCUT2D eigenvalue weighted by atomic mass is 10.4. The fraction of sp³-hybridized carbons (Fsp3) is 0.545. The summed E-state index contributed by atoms with van der Waals surface area (Å²) < 4.78 is 0. The molecule has 0 aromatic rings. The molecule has 3 nitrogen and oxygen atoms in total. The summed E-state index contributed by atoms with van der Waals surface area (Å²) in [5.74, 6) is 11.3. The van der Waals surface area contributed by atoms with E-state index in [0.717, 1.165) is 12.8 Å². The average molecular weight is 192 g/mol. The Labute approximate surface area is 85.6 Å². The van der Waals surface area contributed by atoms with Crippen LogP contribution < -0.4 is 10.6 Å². The van der Waals surface area contributed by atoms with Crippen LogP contribution in [0.4, 0.5) is 4.79 Å². The van der Waals surface area contributed by atoms with Gasteiger partial charge in [-0.25, -0.2) is 4.79 Å². The molecule has 0 saturated carbocycles. The summed E-state index contributed by atoms with van der Waals surface area (Å²) >= 11 is 0. The molecule has 0 aromatic heterocycles. The minimum absolute atomic E-state index is 0.221. The number of amides is 2. The first-order valence-electron chi connectivity index (χ1n) is 4.74. The van der Waals surface area contributed by atoms with E-state index in [1.54, 1.807) is 0 Å². The summed E-state index contributed by atoms with van der Waals surface area (Å²) in [6, 6.07) is -0.221. The molecule has 0 spiro atoms. The Morgan fingerprint density at radius 2 is 1.36 bits per heavy atom. The zero-order valence-corrected chi connectivity index (χ0v) is 8.74. The Morgan fingerprint density at radius 1 is 0.929 bits per heavy atom. The third-order valence-corrected chi connectivity index (χ3v) is 1.28. The molecule has 0 rings (SSSR count). The van der Waals surface area contributed by atoms with Gasteiger partial charge in [0.2, 0.25) is 0 Å². The molecule has 76 valence electrons. The summed E-state index contributed by atoms with van der Waals surface area (Å²) in [7, 11) is 0. The molecule has 0 aliphatic rings. The van der Waals surface area contributed by atoms with Crippen molar-refractivity contribution >= 4 is 6.03 Å².